The van der Waals surface area contributed by atoms with E-state index in [0.717, 1.165) is 76.7 Å². The first kappa shape index (κ1) is 25.3. The van der Waals surface area contributed by atoms with E-state index in [4.69, 9.17) is 10.5 Å². The van der Waals surface area contributed by atoms with Crippen LogP contribution in [0.1, 0.15) is 93.5 Å². The van der Waals surface area contributed by atoms with Crippen LogP contribution >= 0.6 is 0 Å². The second-order valence-corrected chi connectivity index (χ2v) is 8.84. The molecule has 1 fully saturated rings. The van der Waals surface area contributed by atoms with Crippen molar-refractivity contribution in [2.45, 2.75) is 84.0 Å². The number of benzene rings is 1. The molecule has 0 saturated heterocycles. The lowest BCUT2D eigenvalue weighted by atomic mass is 9.70. The molecule has 0 unspecified atom stereocenters. The monoisotopic (exact) mass is 431 g/mol. The number of unbranched alkanes of at least 4 members (excludes halogenated alkanes) is 4. The van der Waals surface area contributed by atoms with Gasteiger partial charge in [0.25, 0.3) is 5.91 Å². The van der Waals surface area contributed by atoms with Crippen molar-refractivity contribution >= 4 is 11.8 Å². The van der Waals surface area contributed by atoms with Crippen LogP contribution in [-0.2, 0) is 16.0 Å². The largest absolute Gasteiger partial charge is 0.381 e. The molecule has 1 aromatic carbocycles. The van der Waals surface area contributed by atoms with Gasteiger partial charge in [-0.25, -0.2) is 5.43 Å². The first-order valence-electron chi connectivity index (χ1n) is 12.1. The fourth-order valence-corrected chi connectivity index (χ4v) is 4.27. The van der Waals surface area contributed by atoms with Crippen molar-refractivity contribution in [2.24, 2.45) is 11.1 Å². The lowest BCUT2D eigenvalue weighted by Crippen LogP contribution is -2.40. The zero-order valence-corrected chi connectivity index (χ0v) is 19.2. The van der Waals surface area contributed by atoms with Crippen LogP contribution in [-0.4, -0.2) is 31.6 Å². The fourth-order valence-electron chi connectivity index (χ4n) is 4.27. The lowest BCUT2D eigenvalue weighted by Gasteiger charge is -2.34. The Morgan fingerprint density at radius 3 is 2.29 bits per heavy atom. The maximum absolute atomic E-state index is 12.3. The number of primary amides is 1. The molecule has 0 heterocycles. The summed E-state index contributed by atoms with van der Waals surface area (Å²) in [5.41, 5.74) is 12.7. The molecule has 6 heteroatoms. The summed E-state index contributed by atoms with van der Waals surface area (Å²) in [7, 11) is 0. The topological polar surface area (TPSA) is 93.4 Å². The van der Waals surface area contributed by atoms with Gasteiger partial charge in [-0.05, 0) is 62.6 Å². The van der Waals surface area contributed by atoms with E-state index in [0.29, 0.717) is 12.0 Å². The van der Waals surface area contributed by atoms with E-state index >= 15 is 0 Å². The summed E-state index contributed by atoms with van der Waals surface area (Å²) in [6.07, 6.45) is 12.4. The molecule has 0 radical (unpaired) electrons. The predicted octanol–water partition coefficient (Wildman–Crippen LogP) is 4.28. The predicted molar refractivity (Wildman–Crippen MR) is 125 cm³/mol. The zero-order chi connectivity index (χ0) is 22.4. The Bertz CT molecular complexity index is 654. The molecule has 1 aromatic rings. The first-order valence-corrected chi connectivity index (χ1v) is 12.1. The number of hydrogen-bond donors (Lipinski definition) is 3. The van der Waals surface area contributed by atoms with Crippen LogP contribution in [0.3, 0.4) is 0 Å². The third kappa shape index (κ3) is 8.99. The normalized spacial score (nSPS) is 15.5. The average Bonchev–Trinajstić information content (AvgIpc) is 2.78. The van der Waals surface area contributed by atoms with Crippen molar-refractivity contribution in [1.82, 2.24) is 10.9 Å². The van der Waals surface area contributed by atoms with E-state index in [1.165, 1.54) is 19.3 Å². The van der Waals surface area contributed by atoms with Gasteiger partial charge in [0.2, 0.25) is 5.91 Å². The molecule has 1 saturated carbocycles. The van der Waals surface area contributed by atoms with Gasteiger partial charge in [0.1, 0.15) is 0 Å². The molecule has 0 aliphatic heterocycles. The minimum absolute atomic E-state index is 0.145. The Kier molecular flexibility index (Phi) is 11.6. The molecule has 1 aliphatic carbocycles. The Labute approximate surface area is 187 Å². The number of ether oxygens (including phenoxy) is 1. The van der Waals surface area contributed by atoms with Gasteiger partial charge in [-0.1, -0.05) is 51.2 Å². The van der Waals surface area contributed by atoms with Gasteiger partial charge in [0, 0.05) is 25.3 Å². The molecule has 0 atom stereocenters. The highest BCUT2D eigenvalue weighted by Gasteiger charge is 2.37. The molecule has 2 amide bonds. The smallest absolute Gasteiger partial charge is 0.265 e. The van der Waals surface area contributed by atoms with Gasteiger partial charge in [-0.2, -0.15) is 0 Å². The average molecular weight is 432 g/mol. The Morgan fingerprint density at radius 1 is 0.968 bits per heavy atom. The van der Waals surface area contributed by atoms with Crippen LogP contribution in [0.15, 0.2) is 24.3 Å². The maximum atomic E-state index is 12.3. The van der Waals surface area contributed by atoms with Crippen molar-refractivity contribution in [1.29, 1.82) is 0 Å². The Balaban J connectivity index is 1.63. The summed E-state index contributed by atoms with van der Waals surface area (Å²) in [5.74, 6) is -0.339. The van der Waals surface area contributed by atoms with Crippen LogP contribution in [0.4, 0.5) is 0 Å². The molecular formula is C25H41N3O3. The molecule has 0 spiro atoms. The van der Waals surface area contributed by atoms with Crippen molar-refractivity contribution in [3.63, 3.8) is 0 Å². The molecule has 4 N–H and O–H groups in total. The van der Waals surface area contributed by atoms with Gasteiger partial charge in [-0.3, -0.25) is 15.0 Å². The van der Waals surface area contributed by atoms with E-state index in [9.17, 15) is 9.59 Å². The standard InChI is InChI=1S/C25H41N3O3/c1-2-3-9-18-31-19-10-5-8-17-27-28-23(29)22-13-11-21(12-14-22)20-25(24(26)30)15-6-4-7-16-25/h11-14,27H,2-10,15-20H2,1H3,(H2,26,30)(H,28,29). The molecule has 2 rings (SSSR count). The SMILES string of the molecule is CCCCCOCCCCCNNC(=O)c1ccc(CC2(C(N)=O)CCCCC2)cc1. The molecule has 31 heavy (non-hydrogen) atoms. The summed E-state index contributed by atoms with van der Waals surface area (Å²) in [6, 6.07) is 7.52. The van der Waals surface area contributed by atoms with Gasteiger partial charge < -0.3 is 10.5 Å². The number of carbonyl (C=O) groups excluding carboxylic acids is 2. The van der Waals surface area contributed by atoms with E-state index in [1.54, 1.807) is 0 Å². The van der Waals surface area contributed by atoms with Gasteiger partial charge in [-0.15, -0.1) is 0 Å². The molecule has 174 valence electrons. The first-order chi connectivity index (χ1) is 15.1. The van der Waals surface area contributed by atoms with Crippen molar-refractivity contribution < 1.29 is 14.3 Å². The molecule has 0 aromatic heterocycles. The number of amides is 2. The zero-order valence-electron chi connectivity index (χ0n) is 19.2. The highest BCUT2D eigenvalue weighted by molar-refractivity contribution is 5.93. The third-order valence-electron chi connectivity index (χ3n) is 6.28. The van der Waals surface area contributed by atoms with Gasteiger partial charge in [0.15, 0.2) is 0 Å². The van der Waals surface area contributed by atoms with Gasteiger partial charge >= 0.3 is 0 Å². The number of rotatable bonds is 15. The minimum Gasteiger partial charge on any atom is -0.381 e. The minimum atomic E-state index is -0.426. The maximum Gasteiger partial charge on any atom is 0.265 e. The quantitative estimate of drug-likeness (QED) is 0.285. The number of hydrazine groups is 1. The van der Waals surface area contributed by atoms with Crippen LogP contribution in [0.2, 0.25) is 0 Å². The second kappa shape index (κ2) is 14.2. The summed E-state index contributed by atoms with van der Waals surface area (Å²) in [5, 5.41) is 0. The van der Waals surface area contributed by atoms with Crippen LogP contribution in [0.25, 0.3) is 0 Å². The number of nitrogens with two attached hydrogens (primary N) is 1. The molecular weight excluding hydrogens is 390 g/mol. The highest BCUT2D eigenvalue weighted by atomic mass is 16.5. The number of hydrogen-bond acceptors (Lipinski definition) is 4. The second-order valence-electron chi connectivity index (χ2n) is 8.84. The number of carbonyl (C=O) groups is 2. The van der Waals surface area contributed by atoms with Crippen LogP contribution < -0.4 is 16.6 Å². The Hall–Kier alpha value is -1.92. The van der Waals surface area contributed by atoms with Crippen LogP contribution in [0, 0.1) is 5.41 Å². The Morgan fingerprint density at radius 2 is 1.65 bits per heavy atom. The molecule has 1 aliphatic rings. The fraction of sp³-hybridized carbons (Fsp3) is 0.680. The van der Waals surface area contributed by atoms with E-state index < -0.39 is 5.41 Å². The lowest BCUT2D eigenvalue weighted by molar-refractivity contribution is -0.129. The summed E-state index contributed by atoms with van der Waals surface area (Å²) >= 11 is 0. The van der Waals surface area contributed by atoms with E-state index in [1.807, 2.05) is 24.3 Å². The van der Waals surface area contributed by atoms with Gasteiger partial charge in [0.05, 0.1) is 5.41 Å². The van der Waals surface area contributed by atoms with Crippen molar-refractivity contribution in [2.75, 3.05) is 19.8 Å². The van der Waals surface area contributed by atoms with E-state index in [2.05, 4.69) is 17.8 Å². The third-order valence-corrected chi connectivity index (χ3v) is 6.28. The number of nitrogens with one attached hydrogen (secondary N) is 2. The summed E-state index contributed by atoms with van der Waals surface area (Å²) in [6.45, 7) is 4.62. The van der Waals surface area contributed by atoms with Crippen LogP contribution in [0.5, 0.6) is 0 Å². The van der Waals surface area contributed by atoms with E-state index in [-0.39, 0.29) is 11.8 Å². The van der Waals surface area contributed by atoms with Crippen molar-refractivity contribution in [3.05, 3.63) is 35.4 Å². The molecule has 0 bridgehead atoms. The summed E-state index contributed by atoms with van der Waals surface area (Å²) in [4.78, 5) is 24.4. The van der Waals surface area contributed by atoms with Crippen molar-refractivity contribution in [3.8, 4) is 0 Å². The molecule has 6 nitrogen and oxygen atoms in total. The highest BCUT2D eigenvalue weighted by Crippen LogP contribution is 2.39. The summed E-state index contributed by atoms with van der Waals surface area (Å²) < 4.78 is 5.60.